The average Bonchev–Trinajstić information content (AvgIpc) is 2.60. The molecule has 0 spiro atoms. The third kappa shape index (κ3) is 3.50. The molecular weight excluding hydrogens is 362 g/mol. The van der Waals surface area contributed by atoms with Crippen molar-refractivity contribution in [3.05, 3.63) is 64.7 Å². The van der Waals surface area contributed by atoms with Gasteiger partial charge < -0.3 is 5.11 Å². The summed E-state index contributed by atoms with van der Waals surface area (Å²) in [7, 11) is -4.41. The molecular formula is C16H11N3O6S. The molecule has 3 aromatic carbocycles. The molecule has 0 aromatic heterocycles. The number of non-ortho nitro benzene ring substituents is 1. The largest absolute Gasteiger partial charge is 0.507 e. The highest BCUT2D eigenvalue weighted by Crippen LogP contribution is 2.35. The molecule has 132 valence electrons. The van der Waals surface area contributed by atoms with E-state index >= 15 is 0 Å². The average molecular weight is 373 g/mol. The minimum Gasteiger partial charge on any atom is -0.507 e. The monoisotopic (exact) mass is 373 g/mol. The lowest BCUT2D eigenvalue weighted by molar-refractivity contribution is -0.384. The van der Waals surface area contributed by atoms with Crippen LogP contribution in [0.1, 0.15) is 0 Å². The SMILES string of the molecule is O=[N+]([O-])c1ccc(N=Nc2ccc(O)c3cc(S(=O)(=O)O)ccc23)cc1. The normalized spacial score (nSPS) is 11.9. The summed E-state index contributed by atoms with van der Waals surface area (Å²) in [5.41, 5.74) is 0.654. The van der Waals surface area contributed by atoms with Gasteiger partial charge >= 0.3 is 0 Å². The quantitative estimate of drug-likeness (QED) is 0.305. The van der Waals surface area contributed by atoms with Crippen molar-refractivity contribution >= 4 is 38.0 Å². The Hall–Kier alpha value is -3.37. The van der Waals surface area contributed by atoms with Gasteiger partial charge in [-0.1, -0.05) is 6.07 Å². The van der Waals surface area contributed by atoms with E-state index in [9.17, 15) is 23.6 Å². The number of azo groups is 1. The Kier molecular flexibility index (Phi) is 4.36. The summed E-state index contributed by atoms with van der Waals surface area (Å²) in [6.45, 7) is 0. The second-order valence-corrected chi connectivity index (χ2v) is 6.68. The number of nitro benzene ring substituents is 1. The number of nitrogens with zero attached hydrogens (tertiary/aromatic N) is 3. The van der Waals surface area contributed by atoms with Crippen LogP contribution < -0.4 is 0 Å². The first-order valence-electron chi connectivity index (χ1n) is 7.15. The van der Waals surface area contributed by atoms with Crippen molar-refractivity contribution < 1.29 is 23.0 Å². The molecule has 0 unspecified atom stereocenters. The van der Waals surface area contributed by atoms with Gasteiger partial charge in [0.15, 0.2) is 0 Å². The number of fused-ring (bicyclic) bond motifs is 1. The molecule has 26 heavy (non-hydrogen) atoms. The molecule has 0 saturated heterocycles. The van der Waals surface area contributed by atoms with Crippen molar-refractivity contribution in [1.29, 1.82) is 0 Å². The zero-order valence-electron chi connectivity index (χ0n) is 13.0. The number of hydrogen-bond donors (Lipinski definition) is 2. The summed E-state index contributed by atoms with van der Waals surface area (Å²) in [5.74, 6) is -0.181. The number of rotatable bonds is 4. The Morgan fingerprint density at radius 1 is 0.923 bits per heavy atom. The van der Waals surface area contributed by atoms with Gasteiger partial charge in [0.2, 0.25) is 0 Å². The van der Waals surface area contributed by atoms with Crippen LogP contribution in [0, 0.1) is 10.1 Å². The van der Waals surface area contributed by atoms with E-state index in [1.54, 1.807) is 0 Å². The molecule has 9 nitrogen and oxygen atoms in total. The van der Waals surface area contributed by atoms with Gasteiger partial charge in [0.25, 0.3) is 15.8 Å². The Balaban J connectivity index is 2.02. The van der Waals surface area contributed by atoms with Crippen LogP contribution in [0.15, 0.2) is 69.7 Å². The predicted molar refractivity (Wildman–Crippen MR) is 92.7 cm³/mol. The molecule has 0 atom stereocenters. The standard InChI is InChI=1S/C16H11N3O6S/c20-16-8-7-15(13-6-5-12(9-14(13)16)26(23,24)25)18-17-10-1-3-11(4-2-10)19(21)22/h1-9,20H,(H,23,24,25). The summed E-state index contributed by atoms with van der Waals surface area (Å²) < 4.78 is 31.6. The van der Waals surface area contributed by atoms with Crippen LogP contribution in [0.5, 0.6) is 5.75 Å². The van der Waals surface area contributed by atoms with Crippen molar-refractivity contribution in [2.75, 3.05) is 0 Å². The smallest absolute Gasteiger partial charge is 0.294 e. The van der Waals surface area contributed by atoms with Crippen molar-refractivity contribution in [1.82, 2.24) is 0 Å². The molecule has 0 radical (unpaired) electrons. The van der Waals surface area contributed by atoms with Gasteiger partial charge in [0.1, 0.15) is 5.75 Å². The van der Waals surface area contributed by atoms with E-state index in [2.05, 4.69) is 10.2 Å². The number of phenolic OH excluding ortho intramolecular Hbond substituents is 1. The van der Waals surface area contributed by atoms with Crippen LogP contribution in [0.4, 0.5) is 17.1 Å². The number of hydrogen-bond acceptors (Lipinski definition) is 7. The molecule has 0 saturated carbocycles. The van der Waals surface area contributed by atoms with Gasteiger partial charge in [0.05, 0.1) is 21.2 Å². The fraction of sp³-hybridized carbons (Fsp3) is 0. The van der Waals surface area contributed by atoms with Crippen LogP contribution in [0.2, 0.25) is 0 Å². The lowest BCUT2D eigenvalue weighted by Gasteiger charge is -2.05. The Morgan fingerprint density at radius 3 is 2.23 bits per heavy atom. The molecule has 0 amide bonds. The molecule has 10 heteroatoms. The number of nitro groups is 1. The van der Waals surface area contributed by atoms with Gasteiger partial charge in [0, 0.05) is 22.9 Å². The van der Waals surface area contributed by atoms with Crippen LogP contribution in [0.25, 0.3) is 10.8 Å². The lowest BCUT2D eigenvalue weighted by Crippen LogP contribution is -1.97. The molecule has 0 aliphatic rings. The highest BCUT2D eigenvalue weighted by atomic mass is 32.2. The van der Waals surface area contributed by atoms with Gasteiger partial charge in [-0.15, -0.1) is 5.11 Å². The number of benzene rings is 3. The van der Waals surface area contributed by atoms with Gasteiger partial charge in [-0.3, -0.25) is 14.7 Å². The van der Waals surface area contributed by atoms with Crippen LogP contribution in [-0.2, 0) is 10.1 Å². The van der Waals surface area contributed by atoms with E-state index in [-0.39, 0.29) is 21.7 Å². The maximum Gasteiger partial charge on any atom is 0.294 e. The minimum atomic E-state index is -4.41. The molecule has 2 N–H and O–H groups in total. The minimum absolute atomic E-state index is 0.0724. The number of phenols is 1. The Labute approximate surface area is 147 Å². The summed E-state index contributed by atoms with van der Waals surface area (Å²) in [6, 6.07) is 12.0. The van der Waals surface area contributed by atoms with Crippen LogP contribution in [0.3, 0.4) is 0 Å². The maximum absolute atomic E-state index is 11.2. The Bertz CT molecular complexity index is 1140. The van der Waals surface area contributed by atoms with E-state index in [1.165, 1.54) is 48.5 Å². The second kappa shape index (κ2) is 6.50. The van der Waals surface area contributed by atoms with E-state index in [1.807, 2.05) is 0 Å². The highest BCUT2D eigenvalue weighted by molar-refractivity contribution is 7.85. The third-order valence-electron chi connectivity index (χ3n) is 3.57. The maximum atomic E-state index is 11.2. The van der Waals surface area contributed by atoms with Crippen LogP contribution in [-0.4, -0.2) is 23.0 Å². The van der Waals surface area contributed by atoms with Crippen molar-refractivity contribution in [3.63, 3.8) is 0 Å². The predicted octanol–water partition coefficient (Wildman–Crippen LogP) is 4.12. The van der Waals surface area contributed by atoms with Crippen molar-refractivity contribution in [3.8, 4) is 5.75 Å². The Morgan fingerprint density at radius 2 is 1.62 bits per heavy atom. The van der Waals surface area contributed by atoms with E-state index in [0.717, 1.165) is 6.07 Å². The molecule has 0 bridgehead atoms. The number of aromatic hydroxyl groups is 1. The zero-order valence-corrected chi connectivity index (χ0v) is 13.8. The fourth-order valence-corrected chi connectivity index (χ4v) is 2.80. The van der Waals surface area contributed by atoms with E-state index in [0.29, 0.717) is 16.8 Å². The summed E-state index contributed by atoms with van der Waals surface area (Å²) in [6.07, 6.45) is 0. The highest BCUT2D eigenvalue weighted by Gasteiger charge is 2.13. The van der Waals surface area contributed by atoms with E-state index in [4.69, 9.17) is 4.55 Å². The zero-order chi connectivity index (χ0) is 18.9. The summed E-state index contributed by atoms with van der Waals surface area (Å²) in [5, 5.41) is 29.2. The first-order valence-corrected chi connectivity index (χ1v) is 8.59. The van der Waals surface area contributed by atoms with Gasteiger partial charge in [-0.25, -0.2) is 0 Å². The summed E-state index contributed by atoms with van der Waals surface area (Å²) >= 11 is 0. The second-order valence-electron chi connectivity index (χ2n) is 5.26. The fourth-order valence-electron chi connectivity index (χ4n) is 2.30. The molecule has 0 aliphatic carbocycles. The topological polar surface area (TPSA) is 142 Å². The van der Waals surface area contributed by atoms with Gasteiger partial charge in [-0.05, 0) is 36.4 Å². The summed E-state index contributed by atoms with van der Waals surface area (Å²) in [4.78, 5) is 9.75. The first-order chi connectivity index (χ1) is 12.3. The van der Waals surface area contributed by atoms with Crippen LogP contribution >= 0.6 is 0 Å². The third-order valence-corrected chi connectivity index (χ3v) is 4.42. The molecule has 0 heterocycles. The van der Waals surface area contributed by atoms with Crippen molar-refractivity contribution in [2.24, 2.45) is 10.2 Å². The van der Waals surface area contributed by atoms with E-state index < -0.39 is 15.0 Å². The van der Waals surface area contributed by atoms with Crippen molar-refractivity contribution in [2.45, 2.75) is 4.90 Å². The van der Waals surface area contributed by atoms with Gasteiger partial charge in [-0.2, -0.15) is 13.5 Å². The lowest BCUT2D eigenvalue weighted by atomic mass is 10.1. The molecule has 3 aromatic rings. The molecule has 3 rings (SSSR count). The molecule has 0 aliphatic heterocycles. The first kappa shape index (κ1) is 17.5. The molecule has 0 fully saturated rings.